The van der Waals surface area contributed by atoms with Crippen molar-refractivity contribution in [3.05, 3.63) is 114 Å². The Kier molecular flexibility index (Phi) is 30.9. The molecule has 0 spiro atoms. The number of hydrogen-bond donors (Lipinski definition) is 6. The van der Waals surface area contributed by atoms with Gasteiger partial charge in [-0.05, 0) is 65.8 Å². The van der Waals surface area contributed by atoms with Crippen LogP contribution in [0.3, 0.4) is 0 Å². The summed E-state index contributed by atoms with van der Waals surface area (Å²) in [6, 6.07) is 22.5. The number of fused-ring (bicyclic) bond motifs is 3. The molecule has 6 N–H and O–H groups in total. The van der Waals surface area contributed by atoms with Gasteiger partial charge >= 0.3 is 13.7 Å². The molecule has 1 fully saturated rings. The maximum Gasteiger partial charge on any atom is 0.407 e. The first-order chi connectivity index (χ1) is 43.3. The number of imidazole rings is 1. The van der Waals surface area contributed by atoms with Crippen molar-refractivity contribution in [3.63, 3.8) is 0 Å². The first kappa shape index (κ1) is 72.5. The Hall–Kier alpha value is -6.57. The zero-order valence-corrected chi connectivity index (χ0v) is 53.1. The molecule has 4 amide bonds. The molecule has 1 aliphatic heterocycles. The summed E-state index contributed by atoms with van der Waals surface area (Å²) < 4.78 is 52.6. The van der Waals surface area contributed by atoms with Gasteiger partial charge < -0.3 is 73.5 Å². The highest BCUT2D eigenvalue weighted by Gasteiger charge is 2.38. The number of nitrogens with zero attached hydrogens (tertiary/aromatic N) is 3. The van der Waals surface area contributed by atoms with Crippen LogP contribution in [0.4, 0.5) is 4.79 Å². The largest absolute Gasteiger partial charge is 0.449 e. The molecule has 25 heteroatoms. The second-order valence-corrected chi connectivity index (χ2v) is 24.8. The molecule has 494 valence electrons. The van der Waals surface area contributed by atoms with Crippen molar-refractivity contribution < 1.29 is 86.2 Å². The average molecular weight is 1280 g/mol. The summed E-state index contributed by atoms with van der Waals surface area (Å²) in [4.78, 5) is 120. The lowest BCUT2D eigenvalue weighted by molar-refractivity contribution is -0.140. The number of rotatable bonds is 44. The maximum atomic E-state index is 14.5. The van der Waals surface area contributed by atoms with Crippen LogP contribution in [0.15, 0.2) is 91.4 Å². The van der Waals surface area contributed by atoms with Gasteiger partial charge in [-0.3, -0.25) is 33.3 Å². The van der Waals surface area contributed by atoms with Crippen molar-refractivity contribution in [2.45, 2.75) is 103 Å². The lowest BCUT2D eigenvalue weighted by Gasteiger charge is -2.28. The second-order valence-electron chi connectivity index (χ2n) is 23.1. The van der Waals surface area contributed by atoms with Gasteiger partial charge in [0.15, 0.2) is 11.6 Å². The third-order valence-electron chi connectivity index (χ3n) is 15.8. The van der Waals surface area contributed by atoms with E-state index in [1.807, 2.05) is 73.0 Å². The van der Waals surface area contributed by atoms with Crippen LogP contribution in [0.25, 0.3) is 11.1 Å². The van der Waals surface area contributed by atoms with E-state index in [1.54, 1.807) is 12.5 Å². The van der Waals surface area contributed by atoms with Crippen LogP contribution in [-0.2, 0) is 79.5 Å². The Balaban J connectivity index is 0.837. The maximum absolute atomic E-state index is 14.5. The Labute approximate surface area is 526 Å². The number of aliphatic hydroxyl groups is 1. The predicted octanol–water partition coefficient (Wildman–Crippen LogP) is 5.05. The fourth-order valence-electron chi connectivity index (χ4n) is 11.2. The molecular formula is C65H91N6O18P. The highest BCUT2D eigenvalue weighted by Crippen LogP contribution is 2.44. The number of Topliss-reactive ketones (excluding diaryl/α,β-unsaturated/α-hetero) is 3. The van der Waals surface area contributed by atoms with Gasteiger partial charge in [0.05, 0.1) is 117 Å². The number of carbonyl (C=O) groups is 7. The first-order valence-electron chi connectivity index (χ1n) is 31.0. The highest BCUT2D eigenvalue weighted by molar-refractivity contribution is 7.51. The number of alkyl carbamates (subject to hydrolysis) is 1. The first-order valence-corrected chi connectivity index (χ1v) is 32.8. The van der Waals surface area contributed by atoms with E-state index >= 15 is 0 Å². The van der Waals surface area contributed by atoms with Crippen molar-refractivity contribution in [3.8, 4) is 11.1 Å². The van der Waals surface area contributed by atoms with Gasteiger partial charge in [-0.2, -0.15) is 0 Å². The number of nitrogens with one attached hydrogen (secondary N) is 3. The van der Waals surface area contributed by atoms with E-state index in [2.05, 4.69) is 45.2 Å². The van der Waals surface area contributed by atoms with Crippen molar-refractivity contribution >= 4 is 48.8 Å². The van der Waals surface area contributed by atoms with Gasteiger partial charge in [-0.1, -0.05) is 99.6 Å². The van der Waals surface area contributed by atoms with Gasteiger partial charge in [0.1, 0.15) is 24.5 Å². The minimum absolute atomic E-state index is 0.00412. The van der Waals surface area contributed by atoms with Crippen molar-refractivity contribution in [2.24, 2.45) is 23.7 Å². The quantitative estimate of drug-likeness (QED) is 0.0249. The fraction of sp³-hybridized carbons (Fsp3) is 0.569. The molecule has 2 heterocycles. The zero-order chi connectivity index (χ0) is 64.8. The molecular weight excluding hydrogens is 1180 g/mol. The molecule has 0 saturated carbocycles. The van der Waals surface area contributed by atoms with Crippen LogP contribution in [0, 0.1) is 23.7 Å². The molecule has 4 aromatic rings. The molecule has 1 aliphatic carbocycles. The van der Waals surface area contributed by atoms with E-state index in [9.17, 15) is 53.0 Å². The SMILES string of the molecule is CC(=O)[C@@H](CC(=O)[C@H](CO)NC(=O)[C@@H](CC(=O)[C@H](CC(C)C)NC(=O)[C@@H]1CCCN1C(=O)CCOCCOCCOCCOCCOCCOCCNC(=O)OCC1c2ccccc2-c2ccccc21)Cc1cncn1Cc1ccccc1)[C@@H](C)CP(=O)(O)O. The number of carbonyl (C=O) groups excluding carboxylic acids is 7. The molecule has 24 nitrogen and oxygen atoms in total. The van der Waals surface area contributed by atoms with Crippen LogP contribution < -0.4 is 16.0 Å². The molecule has 3 aromatic carbocycles. The number of ketones is 3. The van der Waals surface area contributed by atoms with E-state index in [0.29, 0.717) is 97.6 Å². The average Bonchev–Trinajstić information content (AvgIpc) is 1.72. The van der Waals surface area contributed by atoms with Crippen LogP contribution in [0.2, 0.25) is 0 Å². The third kappa shape index (κ3) is 24.2. The van der Waals surface area contributed by atoms with E-state index in [4.69, 9.17) is 33.2 Å². The van der Waals surface area contributed by atoms with E-state index in [0.717, 1.165) is 16.7 Å². The minimum atomic E-state index is -4.55. The van der Waals surface area contributed by atoms with E-state index in [1.165, 1.54) is 29.9 Å². The van der Waals surface area contributed by atoms with Crippen LogP contribution in [0.1, 0.15) is 94.5 Å². The number of hydrogen-bond acceptors (Lipinski definition) is 17. The summed E-state index contributed by atoms with van der Waals surface area (Å²) in [6.07, 6.45) is 2.26. The summed E-state index contributed by atoms with van der Waals surface area (Å²) in [5, 5.41) is 18.6. The highest BCUT2D eigenvalue weighted by atomic mass is 31.2. The summed E-state index contributed by atoms with van der Waals surface area (Å²) >= 11 is 0. The monoisotopic (exact) mass is 1270 g/mol. The van der Waals surface area contributed by atoms with Gasteiger partial charge in [-0.15, -0.1) is 0 Å². The summed E-state index contributed by atoms with van der Waals surface area (Å²) in [6.45, 7) is 10.7. The van der Waals surface area contributed by atoms with Gasteiger partial charge in [0, 0.05) is 62.6 Å². The molecule has 1 saturated heterocycles. The summed E-state index contributed by atoms with van der Waals surface area (Å²) in [5.41, 5.74) is 6.19. The number of benzene rings is 3. The van der Waals surface area contributed by atoms with Gasteiger partial charge in [0.2, 0.25) is 17.7 Å². The molecule has 6 rings (SSSR count). The van der Waals surface area contributed by atoms with Crippen molar-refractivity contribution in [1.29, 1.82) is 0 Å². The number of aromatic nitrogens is 2. The molecule has 0 radical (unpaired) electrons. The Bertz CT molecular complexity index is 2910. The van der Waals surface area contributed by atoms with Crippen molar-refractivity contribution in [2.75, 3.05) is 112 Å². The number of ether oxygens (including phenoxy) is 7. The Morgan fingerprint density at radius 3 is 1.82 bits per heavy atom. The van der Waals surface area contributed by atoms with Crippen LogP contribution in [0.5, 0.6) is 0 Å². The van der Waals surface area contributed by atoms with Gasteiger partial charge in [-0.25, -0.2) is 9.78 Å². The molecule has 2 aliphatic rings. The Morgan fingerprint density at radius 2 is 1.26 bits per heavy atom. The molecule has 6 atom stereocenters. The molecule has 90 heavy (non-hydrogen) atoms. The topological polar surface area (TPSA) is 319 Å². The van der Waals surface area contributed by atoms with Gasteiger partial charge in [0.25, 0.3) is 0 Å². The molecule has 0 bridgehead atoms. The van der Waals surface area contributed by atoms with Crippen LogP contribution in [-0.4, -0.2) is 200 Å². The summed E-state index contributed by atoms with van der Waals surface area (Å²) in [7, 11) is -4.55. The van der Waals surface area contributed by atoms with E-state index < -0.39 is 104 Å². The smallest absolute Gasteiger partial charge is 0.407 e. The lowest BCUT2D eigenvalue weighted by Crippen LogP contribution is -2.52. The zero-order valence-electron chi connectivity index (χ0n) is 52.2. The van der Waals surface area contributed by atoms with E-state index in [-0.39, 0.29) is 63.4 Å². The third-order valence-corrected chi connectivity index (χ3v) is 16.8. The molecule has 1 aromatic heterocycles. The number of amides is 4. The second kappa shape index (κ2) is 38.3. The molecule has 0 unspecified atom stereocenters. The number of likely N-dealkylation sites (tertiary alicyclic amines) is 1. The normalized spacial score (nSPS) is 15.6. The van der Waals surface area contributed by atoms with Crippen LogP contribution >= 0.6 is 7.60 Å². The standard InChI is InChI=1S/C65H91N6O18P/c1-45(2)35-57(60(74)37-49(36-50-39-66-44-70(50)40-48-13-6-5-7-14-48)63(77)69-58(41-72)61(75)38-55(47(4)73)46(3)43-90(80,81)82)68-64(78)59-19-12-22-71(59)62(76)20-23-83-25-27-85-29-31-87-33-34-88-32-30-86-28-26-84-24-21-67-65(79)89-42-56-53-17-10-8-15-51(53)52-16-9-11-18-54(52)56/h5-11,13-18,39,44-46,49,55-59,72H,12,19-38,40-43H2,1-4H3,(H,67,79)(H,68,78)(H,69,77)(H2,80,81,82)/t46-,49+,55-,57-,58-,59-/m0/s1. The predicted molar refractivity (Wildman–Crippen MR) is 332 cm³/mol. The Morgan fingerprint density at radius 1 is 0.700 bits per heavy atom. The summed E-state index contributed by atoms with van der Waals surface area (Å²) in [5.74, 6) is -6.47. The van der Waals surface area contributed by atoms with Crippen molar-refractivity contribution in [1.82, 2.24) is 30.4 Å². The lowest BCUT2D eigenvalue weighted by atomic mass is 9.85. The number of aliphatic hydroxyl groups excluding tert-OH is 1. The fourth-order valence-corrected chi connectivity index (χ4v) is 12.2. The minimum Gasteiger partial charge on any atom is -0.449 e.